The Bertz CT molecular complexity index is 597. The highest BCUT2D eigenvalue weighted by Gasteiger charge is 2.31. The molecule has 0 radical (unpaired) electrons. The van der Waals surface area contributed by atoms with E-state index in [1.54, 1.807) is 6.07 Å². The van der Waals surface area contributed by atoms with Crippen LogP contribution in [0.2, 0.25) is 0 Å². The zero-order valence-corrected chi connectivity index (χ0v) is 13.7. The van der Waals surface area contributed by atoms with E-state index in [2.05, 4.69) is 11.6 Å². The lowest BCUT2D eigenvalue weighted by molar-refractivity contribution is 0.143. The molecule has 1 aromatic rings. The summed E-state index contributed by atoms with van der Waals surface area (Å²) in [6.45, 7) is 5.27. The number of hydrogen-bond donors (Lipinski definition) is 4. The number of rotatable bonds is 8. The van der Waals surface area contributed by atoms with Crippen molar-refractivity contribution in [2.24, 2.45) is 4.99 Å². The van der Waals surface area contributed by atoms with Crippen molar-refractivity contribution in [3.8, 4) is 0 Å². The van der Waals surface area contributed by atoms with Gasteiger partial charge in [0.25, 0.3) is 0 Å². The molecule has 1 saturated heterocycles. The smallest absolute Gasteiger partial charge is 0.127 e. The number of nitrogen functional groups attached to an aromatic ring is 1. The number of hydrogen-bond acceptors (Lipinski definition) is 7. The summed E-state index contributed by atoms with van der Waals surface area (Å²) in [5, 5.41) is 27.6. The molecule has 1 atom stereocenters. The summed E-state index contributed by atoms with van der Waals surface area (Å²) in [6.07, 6.45) is -0.428. The molecule has 2 rings (SSSR count). The third kappa shape index (κ3) is 4.12. The van der Waals surface area contributed by atoms with Crippen LogP contribution in [0.15, 0.2) is 35.3 Å². The molecule has 0 bridgehead atoms. The molecule has 0 aliphatic carbocycles. The first-order chi connectivity index (χ1) is 11.6. The van der Waals surface area contributed by atoms with Crippen molar-refractivity contribution in [3.63, 3.8) is 0 Å². The van der Waals surface area contributed by atoms with Crippen LogP contribution in [-0.4, -0.2) is 67.1 Å². The van der Waals surface area contributed by atoms with Crippen molar-refractivity contribution >= 4 is 17.1 Å². The van der Waals surface area contributed by atoms with E-state index >= 15 is 0 Å². The molecule has 7 heteroatoms. The molecule has 1 heterocycles. The Balaban J connectivity index is 2.44. The standard InChI is InChI=1S/C17H25N3O4/c1-12-11-24-17(16(12)19-4-7-21)14-10-13(18)2-3-15(14)20(5-8-22)6-9-23/h2-3,10,17,21-23H,1,4-9,11,18H2. The van der Waals surface area contributed by atoms with E-state index in [1.807, 2.05) is 17.0 Å². The highest BCUT2D eigenvalue weighted by Crippen LogP contribution is 2.36. The van der Waals surface area contributed by atoms with Crippen LogP contribution in [0.4, 0.5) is 11.4 Å². The molecule has 1 fully saturated rings. The average Bonchev–Trinajstić information content (AvgIpc) is 2.93. The number of benzene rings is 1. The third-order valence-electron chi connectivity index (χ3n) is 3.83. The van der Waals surface area contributed by atoms with Crippen molar-refractivity contribution in [2.75, 3.05) is 56.7 Å². The molecular formula is C17H25N3O4. The van der Waals surface area contributed by atoms with Gasteiger partial charge in [-0.2, -0.15) is 0 Å². The van der Waals surface area contributed by atoms with Gasteiger partial charge in [-0.25, -0.2) is 0 Å². The van der Waals surface area contributed by atoms with Crippen LogP contribution in [0.25, 0.3) is 0 Å². The second-order valence-electron chi connectivity index (χ2n) is 5.54. The fourth-order valence-corrected chi connectivity index (χ4v) is 2.79. The Labute approximate surface area is 141 Å². The maximum atomic E-state index is 9.30. The number of anilines is 2. The number of nitrogens with zero attached hydrogens (tertiary/aromatic N) is 2. The Morgan fingerprint density at radius 1 is 1.21 bits per heavy atom. The molecule has 1 aromatic carbocycles. The molecule has 1 unspecified atom stereocenters. The topological polar surface area (TPSA) is 112 Å². The summed E-state index contributed by atoms with van der Waals surface area (Å²) in [7, 11) is 0. The zero-order chi connectivity index (χ0) is 17.5. The van der Waals surface area contributed by atoms with Crippen LogP contribution < -0.4 is 10.6 Å². The highest BCUT2D eigenvalue weighted by molar-refractivity contribution is 6.06. The number of nitrogens with two attached hydrogens (primary N) is 1. The number of aliphatic imine (C=N–C) groups is 1. The van der Waals surface area contributed by atoms with Gasteiger partial charge in [0.1, 0.15) is 6.10 Å². The van der Waals surface area contributed by atoms with Crippen molar-refractivity contribution in [2.45, 2.75) is 6.10 Å². The SMILES string of the molecule is C=C1COC(c2cc(N)ccc2N(CCO)CCO)C1=NCCO. The van der Waals surface area contributed by atoms with Crippen LogP contribution in [0, 0.1) is 0 Å². The van der Waals surface area contributed by atoms with Gasteiger partial charge in [-0.3, -0.25) is 4.99 Å². The van der Waals surface area contributed by atoms with Crippen molar-refractivity contribution < 1.29 is 20.1 Å². The van der Waals surface area contributed by atoms with Crippen LogP contribution in [0.1, 0.15) is 11.7 Å². The summed E-state index contributed by atoms with van der Waals surface area (Å²) in [6, 6.07) is 5.44. The van der Waals surface area contributed by atoms with E-state index in [0.717, 1.165) is 16.8 Å². The Morgan fingerprint density at radius 2 is 1.92 bits per heavy atom. The molecule has 24 heavy (non-hydrogen) atoms. The van der Waals surface area contributed by atoms with Crippen LogP contribution in [0.5, 0.6) is 0 Å². The highest BCUT2D eigenvalue weighted by atomic mass is 16.5. The van der Waals surface area contributed by atoms with Crippen LogP contribution >= 0.6 is 0 Å². The summed E-state index contributed by atoms with van der Waals surface area (Å²) in [5.41, 5.74) is 9.64. The number of aliphatic hydroxyl groups is 3. The maximum Gasteiger partial charge on any atom is 0.127 e. The summed E-state index contributed by atoms with van der Waals surface area (Å²) >= 11 is 0. The van der Waals surface area contributed by atoms with Gasteiger partial charge in [-0.15, -0.1) is 0 Å². The Kier molecular flexibility index (Phi) is 6.74. The molecule has 1 aliphatic rings. The van der Waals surface area contributed by atoms with E-state index in [9.17, 15) is 10.2 Å². The van der Waals surface area contributed by atoms with Crippen molar-refractivity contribution in [1.82, 2.24) is 0 Å². The fraction of sp³-hybridized carbons (Fsp3) is 0.471. The monoisotopic (exact) mass is 335 g/mol. The number of ether oxygens (including phenoxy) is 1. The van der Waals surface area contributed by atoms with E-state index < -0.39 is 6.10 Å². The van der Waals surface area contributed by atoms with Crippen molar-refractivity contribution in [1.29, 1.82) is 0 Å². The molecule has 1 aliphatic heterocycles. The maximum absolute atomic E-state index is 9.30. The van der Waals surface area contributed by atoms with E-state index in [1.165, 1.54) is 0 Å². The van der Waals surface area contributed by atoms with E-state index in [0.29, 0.717) is 31.1 Å². The minimum absolute atomic E-state index is 0.0342. The normalized spacial score (nSPS) is 19.2. The quantitative estimate of drug-likeness (QED) is 0.502. The third-order valence-corrected chi connectivity index (χ3v) is 3.83. The summed E-state index contributed by atoms with van der Waals surface area (Å²) < 4.78 is 5.84. The van der Waals surface area contributed by atoms with Crippen LogP contribution in [-0.2, 0) is 4.74 Å². The van der Waals surface area contributed by atoms with E-state index in [4.69, 9.17) is 15.6 Å². The lowest BCUT2D eigenvalue weighted by Crippen LogP contribution is -2.31. The minimum Gasteiger partial charge on any atom is -0.399 e. The molecule has 132 valence electrons. The minimum atomic E-state index is -0.428. The molecular weight excluding hydrogens is 310 g/mol. The Hall–Kier alpha value is -1.93. The van der Waals surface area contributed by atoms with Crippen LogP contribution in [0.3, 0.4) is 0 Å². The summed E-state index contributed by atoms with van der Waals surface area (Å²) in [4.78, 5) is 6.26. The average molecular weight is 335 g/mol. The zero-order valence-electron chi connectivity index (χ0n) is 13.7. The molecule has 0 amide bonds. The Morgan fingerprint density at radius 3 is 2.54 bits per heavy atom. The first kappa shape index (κ1) is 18.4. The molecule has 0 spiro atoms. The van der Waals surface area contributed by atoms with Gasteiger partial charge >= 0.3 is 0 Å². The van der Waals surface area contributed by atoms with Crippen molar-refractivity contribution in [3.05, 3.63) is 35.9 Å². The summed E-state index contributed by atoms with van der Waals surface area (Å²) in [5.74, 6) is 0. The molecule has 0 aromatic heterocycles. The molecule has 5 N–H and O–H groups in total. The first-order valence-electron chi connectivity index (χ1n) is 7.93. The van der Waals surface area contributed by atoms with Gasteiger partial charge in [0.2, 0.25) is 0 Å². The van der Waals surface area contributed by atoms with Gasteiger partial charge in [0.15, 0.2) is 0 Å². The first-order valence-corrected chi connectivity index (χ1v) is 7.93. The van der Waals surface area contributed by atoms with Gasteiger partial charge in [-0.1, -0.05) is 6.58 Å². The molecule has 7 nitrogen and oxygen atoms in total. The lowest BCUT2D eigenvalue weighted by atomic mass is 9.99. The predicted molar refractivity (Wildman–Crippen MR) is 94.5 cm³/mol. The van der Waals surface area contributed by atoms with Gasteiger partial charge in [-0.05, 0) is 23.8 Å². The second-order valence-corrected chi connectivity index (χ2v) is 5.54. The molecule has 0 saturated carbocycles. The van der Waals surface area contributed by atoms with E-state index in [-0.39, 0.29) is 26.4 Å². The van der Waals surface area contributed by atoms with Gasteiger partial charge < -0.3 is 30.7 Å². The number of aliphatic hydroxyl groups excluding tert-OH is 3. The predicted octanol–water partition coefficient (Wildman–Crippen LogP) is 0.121. The second kappa shape index (κ2) is 8.79. The van der Waals surface area contributed by atoms with Gasteiger partial charge in [0, 0.05) is 30.0 Å². The fourth-order valence-electron chi connectivity index (χ4n) is 2.79. The van der Waals surface area contributed by atoms with Gasteiger partial charge in [0.05, 0.1) is 38.7 Å². The largest absolute Gasteiger partial charge is 0.399 e. The lowest BCUT2D eigenvalue weighted by Gasteiger charge is -2.28.